The average Bonchev–Trinajstić information content (AvgIpc) is 2.98. The fourth-order valence-electron chi connectivity index (χ4n) is 6.73. The van der Waals surface area contributed by atoms with E-state index >= 15 is 0 Å². The van der Waals surface area contributed by atoms with Gasteiger partial charge in [-0.1, -0.05) is 85.6 Å². The molecule has 1 aliphatic heterocycles. The fraction of sp³-hybridized carbons (Fsp3) is 0.541. The molecular weight excluding hydrogens is 601 g/mol. The number of likely N-dealkylation sites (N-methyl/N-ethyl adjacent to an activating group) is 2. The summed E-state index contributed by atoms with van der Waals surface area (Å²) in [4.78, 5) is 23.6. The van der Waals surface area contributed by atoms with Crippen LogP contribution in [0.15, 0.2) is 60.7 Å². The van der Waals surface area contributed by atoms with Crippen molar-refractivity contribution in [2.45, 2.75) is 64.1 Å². The Morgan fingerprint density at radius 2 is 1.71 bits per heavy atom. The van der Waals surface area contributed by atoms with Gasteiger partial charge in [-0.15, -0.1) is 0 Å². The van der Waals surface area contributed by atoms with E-state index < -0.39 is 0 Å². The molecule has 1 saturated heterocycles. The van der Waals surface area contributed by atoms with Crippen molar-refractivity contribution in [3.8, 4) is 0 Å². The lowest BCUT2D eigenvalue weighted by Gasteiger charge is -2.49. The number of hydrogen-bond acceptors (Lipinski definition) is 5. The molecule has 1 fully saturated rings. The molecule has 1 heterocycles. The van der Waals surface area contributed by atoms with E-state index in [0.29, 0.717) is 23.9 Å². The van der Waals surface area contributed by atoms with Crippen LogP contribution in [-0.2, 0) is 17.6 Å². The lowest BCUT2D eigenvalue weighted by Crippen LogP contribution is -2.62. The van der Waals surface area contributed by atoms with E-state index in [-0.39, 0.29) is 24.0 Å². The number of piperazine rings is 1. The Bertz CT molecular complexity index is 1380. The van der Waals surface area contributed by atoms with Crippen LogP contribution >= 0.6 is 23.2 Å². The molecule has 3 aromatic rings. The number of carbonyl (C=O) groups excluding carboxylic acids is 1. The van der Waals surface area contributed by atoms with E-state index in [4.69, 9.17) is 28.9 Å². The molecule has 45 heavy (non-hydrogen) atoms. The number of halogens is 2. The first kappa shape index (κ1) is 35.7. The number of amides is 1. The molecule has 0 spiro atoms. The van der Waals surface area contributed by atoms with Crippen molar-refractivity contribution >= 4 is 39.9 Å². The van der Waals surface area contributed by atoms with E-state index in [1.165, 1.54) is 10.8 Å². The van der Waals surface area contributed by atoms with Crippen LogP contribution in [0.2, 0.25) is 10.0 Å². The summed E-state index contributed by atoms with van der Waals surface area (Å²) in [5.41, 5.74) is 8.01. The third kappa shape index (κ3) is 10.4. The summed E-state index contributed by atoms with van der Waals surface area (Å²) in [6.07, 6.45) is 4.35. The number of benzene rings is 3. The van der Waals surface area contributed by atoms with Gasteiger partial charge in [-0.2, -0.15) is 0 Å². The Kier molecular flexibility index (Phi) is 13.6. The number of nitrogens with two attached hydrogens (primary N) is 1. The van der Waals surface area contributed by atoms with E-state index in [0.717, 1.165) is 74.6 Å². The second-order valence-electron chi connectivity index (χ2n) is 13.6. The number of nitrogens with zero attached hydrogens (tertiary/aromatic N) is 4. The zero-order chi connectivity index (χ0) is 32.5. The van der Waals surface area contributed by atoms with Crippen LogP contribution in [0.25, 0.3) is 10.8 Å². The molecule has 0 aliphatic carbocycles. The molecule has 3 atom stereocenters. The number of fused-ring (bicyclic) bond motifs is 1. The maximum Gasteiger partial charge on any atom is 0.227 e. The van der Waals surface area contributed by atoms with Crippen LogP contribution in [0.5, 0.6) is 0 Å². The number of hydrogen-bond donors (Lipinski definition) is 1. The molecular formula is C37H53Cl2N5O. The molecule has 6 nitrogen and oxygen atoms in total. The first-order chi connectivity index (χ1) is 21.5. The molecule has 8 heteroatoms. The molecule has 246 valence electrons. The molecule has 4 rings (SSSR count). The zero-order valence-electron chi connectivity index (χ0n) is 27.9. The average molecular weight is 655 g/mol. The van der Waals surface area contributed by atoms with Crippen molar-refractivity contribution in [2.75, 3.05) is 60.4 Å². The summed E-state index contributed by atoms with van der Waals surface area (Å²) in [6.45, 7) is 9.64. The van der Waals surface area contributed by atoms with E-state index in [1.54, 1.807) is 0 Å². The second kappa shape index (κ2) is 17.1. The van der Waals surface area contributed by atoms with Crippen LogP contribution in [-0.4, -0.2) is 104 Å². The number of carbonyl (C=O) groups is 1. The first-order valence-electron chi connectivity index (χ1n) is 16.5. The van der Waals surface area contributed by atoms with Crippen molar-refractivity contribution in [1.82, 2.24) is 19.6 Å². The van der Waals surface area contributed by atoms with Crippen LogP contribution in [0.4, 0.5) is 0 Å². The van der Waals surface area contributed by atoms with Crippen molar-refractivity contribution in [1.29, 1.82) is 0 Å². The van der Waals surface area contributed by atoms with Gasteiger partial charge in [0.25, 0.3) is 0 Å². The molecule has 0 bridgehead atoms. The van der Waals surface area contributed by atoms with Crippen LogP contribution in [0.1, 0.15) is 44.2 Å². The minimum absolute atomic E-state index is 0.177. The van der Waals surface area contributed by atoms with Gasteiger partial charge >= 0.3 is 0 Å². The van der Waals surface area contributed by atoms with Gasteiger partial charge < -0.3 is 20.4 Å². The third-order valence-corrected chi connectivity index (χ3v) is 9.86. The van der Waals surface area contributed by atoms with Gasteiger partial charge in [-0.25, -0.2) is 0 Å². The Hall–Kier alpha value is -2.19. The predicted molar refractivity (Wildman–Crippen MR) is 191 cm³/mol. The van der Waals surface area contributed by atoms with E-state index in [1.807, 2.05) is 12.1 Å². The highest BCUT2D eigenvalue weighted by atomic mass is 35.5. The lowest BCUT2D eigenvalue weighted by molar-refractivity contribution is -0.138. The minimum Gasteiger partial charge on any atom is -0.337 e. The summed E-state index contributed by atoms with van der Waals surface area (Å²) >= 11 is 12.8. The molecule has 2 N–H and O–H groups in total. The first-order valence-corrected chi connectivity index (χ1v) is 17.3. The van der Waals surface area contributed by atoms with Crippen molar-refractivity contribution in [3.63, 3.8) is 0 Å². The van der Waals surface area contributed by atoms with Crippen molar-refractivity contribution in [2.24, 2.45) is 11.7 Å². The molecule has 0 saturated carbocycles. The quantitative estimate of drug-likeness (QED) is 0.204. The summed E-state index contributed by atoms with van der Waals surface area (Å²) in [5, 5.41) is 3.76. The number of rotatable bonds is 15. The van der Waals surface area contributed by atoms with Crippen molar-refractivity contribution in [3.05, 3.63) is 81.8 Å². The molecule has 1 aliphatic rings. The topological polar surface area (TPSA) is 56.1 Å². The third-order valence-electron chi connectivity index (χ3n) is 9.28. The van der Waals surface area contributed by atoms with Gasteiger partial charge in [-0.05, 0) is 93.3 Å². The van der Waals surface area contributed by atoms with Gasteiger partial charge in [0.2, 0.25) is 5.91 Å². The monoisotopic (exact) mass is 653 g/mol. The largest absolute Gasteiger partial charge is 0.337 e. The van der Waals surface area contributed by atoms with Crippen LogP contribution in [0, 0.1) is 5.92 Å². The smallest absolute Gasteiger partial charge is 0.227 e. The standard InChI is InChI=1S/C37H53Cl2N5O/c1-27(2)19-35-25-43(24-34(41(3)4)22-31-14-15-32(38)23-36(31)39)33(11-8-17-42(5)18-16-40)26-44(35)37(45)21-28-12-13-29-9-6-7-10-30(29)20-28/h6-7,9-10,12-15,20,23,27,33-35H,8,11,16-19,21-22,24-26,40H2,1-5H3. The summed E-state index contributed by atoms with van der Waals surface area (Å²) in [6, 6.07) is 21.3. The van der Waals surface area contributed by atoms with Gasteiger partial charge in [0.1, 0.15) is 0 Å². The summed E-state index contributed by atoms with van der Waals surface area (Å²) < 4.78 is 0. The fourth-order valence-corrected chi connectivity index (χ4v) is 7.22. The summed E-state index contributed by atoms with van der Waals surface area (Å²) in [7, 11) is 6.45. The molecule has 1 amide bonds. The predicted octanol–water partition coefficient (Wildman–Crippen LogP) is 6.46. The SMILES string of the molecule is CC(C)CC1CN(CC(Cc2ccc(Cl)cc2Cl)N(C)C)C(CCCN(C)CCN)CN1C(=O)Cc1ccc2ccccc2c1. The minimum atomic E-state index is 0.177. The summed E-state index contributed by atoms with van der Waals surface area (Å²) in [5.74, 6) is 0.727. The van der Waals surface area contributed by atoms with Gasteiger partial charge in [0.05, 0.1) is 6.42 Å². The van der Waals surface area contributed by atoms with Gasteiger partial charge in [0, 0.05) is 60.9 Å². The highest BCUT2D eigenvalue weighted by Crippen LogP contribution is 2.28. The Labute approximate surface area is 281 Å². The highest BCUT2D eigenvalue weighted by Gasteiger charge is 2.37. The van der Waals surface area contributed by atoms with Crippen LogP contribution < -0.4 is 5.73 Å². The van der Waals surface area contributed by atoms with Gasteiger partial charge in [0.15, 0.2) is 0 Å². The molecule has 0 aromatic heterocycles. The van der Waals surface area contributed by atoms with Crippen LogP contribution in [0.3, 0.4) is 0 Å². The maximum atomic E-state index is 14.1. The zero-order valence-corrected chi connectivity index (χ0v) is 29.4. The van der Waals surface area contributed by atoms with Crippen molar-refractivity contribution < 1.29 is 4.79 Å². The highest BCUT2D eigenvalue weighted by molar-refractivity contribution is 6.35. The lowest BCUT2D eigenvalue weighted by atomic mass is 9.93. The molecule has 3 aromatic carbocycles. The molecule has 3 unspecified atom stereocenters. The van der Waals surface area contributed by atoms with Gasteiger partial charge in [-0.3, -0.25) is 9.69 Å². The Morgan fingerprint density at radius 3 is 2.40 bits per heavy atom. The normalized spacial score (nSPS) is 18.4. The Morgan fingerprint density at radius 1 is 0.956 bits per heavy atom. The van der Waals surface area contributed by atoms with E-state index in [9.17, 15) is 4.79 Å². The molecule has 0 radical (unpaired) electrons. The Balaban J connectivity index is 1.56. The maximum absolute atomic E-state index is 14.1. The van der Waals surface area contributed by atoms with E-state index in [2.05, 4.69) is 103 Å². The second-order valence-corrected chi connectivity index (χ2v) is 14.4.